The molecule has 0 fully saturated rings. The lowest BCUT2D eigenvalue weighted by Gasteiger charge is -2.06. The first kappa shape index (κ1) is 11.1. The molecule has 0 aliphatic rings. The topological polar surface area (TPSA) is 75.4 Å². The minimum absolute atomic E-state index is 0.0918. The second-order valence-electron chi connectivity index (χ2n) is 2.85. The number of carbonyl (C=O) groups is 1. The van der Waals surface area contributed by atoms with Gasteiger partial charge in [0, 0.05) is 7.05 Å². The second-order valence-corrected chi connectivity index (χ2v) is 4.16. The summed E-state index contributed by atoms with van der Waals surface area (Å²) >= 11 is 1.16. The summed E-state index contributed by atoms with van der Waals surface area (Å²) in [5, 5.41) is 17.6. The zero-order valence-corrected chi connectivity index (χ0v) is 8.78. The van der Waals surface area contributed by atoms with Gasteiger partial charge in [0.15, 0.2) is 5.16 Å². The lowest BCUT2D eigenvalue weighted by Crippen LogP contribution is -2.12. The SMILES string of the molecule is CC(Sc1ncc(CO)n1C)C(=O)O. The number of carboxylic acid groups (broad SMARTS) is 1. The second kappa shape index (κ2) is 4.47. The van der Waals surface area contributed by atoms with Crippen LogP contribution in [0.3, 0.4) is 0 Å². The first-order valence-corrected chi connectivity index (χ1v) is 4.95. The lowest BCUT2D eigenvalue weighted by molar-refractivity contribution is -0.136. The van der Waals surface area contributed by atoms with Crippen molar-refractivity contribution in [2.24, 2.45) is 7.05 Å². The van der Waals surface area contributed by atoms with Crippen LogP contribution < -0.4 is 0 Å². The highest BCUT2D eigenvalue weighted by Crippen LogP contribution is 2.22. The summed E-state index contributed by atoms with van der Waals surface area (Å²) in [5.74, 6) is -0.872. The van der Waals surface area contributed by atoms with Crippen molar-refractivity contribution in [3.05, 3.63) is 11.9 Å². The monoisotopic (exact) mass is 216 g/mol. The maximum Gasteiger partial charge on any atom is 0.316 e. The normalized spacial score (nSPS) is 12.8. The van der Waals surface area contributed by atoms with E-state index in [0.717, 1.165) is 11.8 Å². The van der Waals surface area contributed by atoms with E-state index in [1.54, 1.807) is 18.5 Å². The average molecular weight is 216 g/mol. The number of nitrogens with zero attached hydrogens (tertiary/aromatic N) is 2. The van der Waals surface area contributed by atoms with Crippen LogP contribution in [-0.4, -0.2) is 31.0 Å². The fourth-order valence-electron chi connectivity index (χ4n) is 0.891. The van der Waals surface area contributed by atoms with E-state index in [9.17, 15) is 4.79 Å². The van der Waals surface area contributed by atoms with Gasteiger partial charge in [-0.05, 0) is 6.92 Å². The lowest BCUT2D eigenvalue weighted by atomic mass is 10.5. The Morgan fingerprint density at radius 2 is 2.43 bits per heavy atom. The number of aliphatic hydroxyl groups excluding tert-OH is 1. The molecular weight excluding hydrogens is 204 g/mol. The quantitative estimate of drug-likeness (QED) is 0.716. The third kappa shape index (κ3) is 2.27. The van der Waals surface area contributed by atoms with Crippen LogP contribution in [0.2, 0.25) is 0 Å². The van der Waals surface area contributed by atoms with E-state index in [4.69, 9.17) is 10.2 Å². The van der Waals surface area contributed by atoms with E-state index in [2.05, 4.69) is 4.98 Å². The van der Waals surface area contributed by atoms with E-state index in [-0.39, 0.29) is 6.61 Å². The first-order chi connectivity index (χ1) is 6.56. The molecule has 1 aromatic heterocycles. The third-order valence-corrected chi connectivity index (χ3v) is 2.98. The first-order valence-electron chi connectivity index (χ1n) is 4.07. The maximum atomic E-state index is 10.6. The fourth-order valence-corrected chi connectivity index (χ4v) is 1.70. The van der Waals surface area contributed by atoms with Gasteiger partial charge in [-0.1, -0.05) is 11.8 Å². The van der Waals surface area contributed by atoms with Gasteiger partial charge < -0.3 is 14.8 Å². The van der Waals surface area contributed by atoms with Crippen LogP contribution in [0.25, 0.3) is 0 Å². The number of aromatic nitrogens is 2. The van der Waals surface area contributed by atoms with Crippen LogP contribution in [0.5, 0.6) is 0 Å². The summed E-state index contributed by atoms with van der Waals surface area (Å²) in [7, 11) is 1.75. The van der Waals surface area contributed by atoms with Gasteiger partial charge in [-0.25, -0.2) is 4.98 Å². The largest absolute Gasteiger partial charge is 0.480 e. The molecule has 0 spiro atoms. The molecule has 1 atom stereocenters. The zero-order valence-electron chi connectivity index (χ0n) is 7.97. The minimum atomic E-state index is -0.872. The molecule has 0 amide bonds. The Bertz CT molecular complexity index is 337. The predicted molar refractivity (Wildman–Crippen MR) is 52.1 cm³/mol. The molecule has 1 aromatic rings. The molecular formula is C8H12N2O3S. The predicted octanol–water partition coefficient (Wildman–Crippen LogP) is 0.478. The van der Waals surface area contributed by atoms with Gasteiger partial charge in [-0.3, -0.25) is 4.79 Å². The molecule has 0 saturated carbocycles. The summed E-state index contributed by atoms with van der Waals surface area (Å²) in [6.45, 7) is 1.51. The van der Waals surface area contributed by atoms with E-state index in [0.29, 0.717) is 10.9 Å². The Kier molecular flexibility index (Phi) is 3.54. The van der Waals surface area contributed by atoms with Crippen LogP contribution in [-0.2, 0) is 18.4 Å². The highest BCUT2D eigenvalue weighted by atomic mass is 32.2. The van der Waals surface area contributed by atoms with Crippen molar-refractivity contribution in [2.75, 3.05) is 0 Å². The van der Waals surface area contributed by atoms with Crippen LogP contribution in [0.4, 0.5) is 0 Å². The smallest absolute Gasteiger partial charge is 0.316 e. The number of aliphatic hydroxyl groups is 1. The van der Waals surface area contributed by atoms with Gasteiger partial charge in [0.2, 0.25) is 0 Å². The number of aliphatic carboxylic acids is 1. The number of imidazole rings is 1. The molecule has 2 N–H and O–H groups in total. The van der Waals surface area contributed by atoms with E-state index < -0.39 is 11.2 Å². The van der Waals surface area contributed by atoms with Crippen molar-refractivity contribution in [3.63, 3.8) is 0 Å². The molecule has 0 bridgehead atoms. The fraction of sp³-hybridized carbons (Fsp3) is 0.500. The van der Waals surface area contributed by atoms with Crippen molar-refractivity contribution >= 4 is 17.7 Å². The Hall–Kier alpha value is -1.01. The van der Waals surface area contributed by atoms with Crippen LogP contribution in [0.15, 0.2) is 11.4 Å². The summed E-state index contributed by atoms with van der Waals surface area (Å²) in [6, 6.07) is 0. The van der Waals surface area contributed by atoms with Gasteiger partial charge in [0.1, 0.15) is 5.25 Å². The number of hydrogen-bond acceptors (Lipinski definition) is 4. The number of thioether (sulfide) groups is 1. The van der Waals surface area contributed by atoms with Crippen molar-refractivity contribution in [2.45, 2.75) is 23.9 Å². The van der Waals surface area contributed by atoms with Crippen molar-refractivity contribution in [1.29, 1.82) is 0 Å². The molecule has 1 heterocycles. The standard InChI is InChI=1S/C8H12N2O3S/c1-5(7(12)13)14-8-9-3-6(4-11)10(8)2/h3,5,11H,4H2,1-2H3,(H,12,13). The molecule has 0 radical (unpaired) electrons. The summed E-state index contributed by atoms with van der Waals surface area (Å²) in [6.07, 6.45) is 1.54. The van der Waals surface area contributed by atoms with E-state index in [1.807, 2.05) is 0 Å². The van der Waals surface area contributed by atoms with Gasteiger partial charge in [0.05, 0.1) is 18.5 Å². The number of rotatable bonds is 4. The summed E-state index contributed by atoms with van der Waals surface area (Å²) < 4.78 is 1.68. The highest BCUT2D eigenvalue weighted by molar-refractivity contribution is 8.00. The van der Waals surface area contributed by atoms with Gasteiger partial charge in [-0.2, -0.15) is 0 Å². The van der Waals surface area contributed by atoms with Crippen molar-refractivity contribution in [3.8, 4) is 0 Å². The van der Waals surface area contributed by atoms with Gasteiger partial charge >= 0.3 is 5.97 Å². The molecule has 0 aliphatic heterocycles. The third-order valence-electron chi connectivity index (χ3n) is 1.83. The minimum Gasteiger partial charge on any atom is -0.480 e. The van der Waals surface area contributed by atoms with Crippen molar-refractivity contribution in [1.82, 2.24) is 9.55 Å². The highest BCUT2D eigenvalue weighted by Gasteiger charge is 2.16. The summed E-state index contributed by atoms with van der Waals surface area (Å²) in [4.78, 5) is 14.6. The molecule has 0 aromatic carbocycles. The molecule has 1 rings (SSSR count). The molecule has 14 heavy (non-hydrogen) atoms. The Labute approximate surface area is 85.8 Å². The molecule has 0 aliphatic carbocycles. The molecule has 5 nitrogen and oxygen atoms in total. The molecule has 6 heteroatoms. The Morgan fingerprint density at radius 1 is 1.79 bits per heavy atom. The van der Waals surface area contributed by atoms with Crippen LogP contribution in [0.1, 0.15) is 12.6 Å². The van der Waals surface area contributed by atoms with E-state index in [1.165, 1.54) is 6.20 Å². The molecule has 0 saturated heterocycles. The van der Waals surface area contributed by atoms with Crippen molar-refractivity contribution < 1.29 is 15.0 Å². The molecule has 1 unspecified atom stereocenters. The zero-order chi connectivity index (χ0) is 10.7. The number of carboxylic acids is 1. The number of hydrogen-bond donors (Lipinski definition) is 2. The van der Waals surface area contributed by atoms with E-state index >= 15 is 0 Å². The average Bonchev–Trinajstić information content (AvgIpc) is 2.47. The van der Waals surface area contributed by atoms with Crippen LogP contribution >= 0.6 is 11.8 Å². The van der Waals surface area contributed by atoms with Gasteiger partial charge in [0.25, 0.3) is 0 Å². The van der Waals surface area contributed by atoms with Crippen LogP contribution in [0, 0.1) is 0 Å². The summed E-state index contributed by atoms with van der Waals surface area (Å²) in [5.41, 5.74) is 0.671. The Balaban J connectivity index is 2.77. The Morgan fingerprint density at radius 3 is 2.86 bits per heavy atom. The van der Waals surface area contributed by atoms with Gasteiger partial charge in [-0.15, -0.1) is 0 Å². The molecule has 78 valence electrons. The maximum absolute atomic E-state index is 10.6.